The largest absolute Gasteiger partial charge is 0.416 e. The van der Waals surface area contributed by atoms with Crippen LogP contribution in [0.25, 0.3) is 0 Å². The maximum absolute atomic E-state index is 12.7. The van der Waals surface area contributed by atoms with Gasteiger partial charge in [0.2, 0.25) is 0 Å². The van der Waals surface area contributed by atoms with E-state index in [9.17, 15) is 31.4 Å². The Kier molecular flexibility index (Phi) is 4.19. The van der Waals surface area contributed by atoms with Gasteiger partial charge in [0.05, 0.1) is 11.1 Å². The lowest BCUT2D eigenvalue weighted by Crippen LogP contribution is -2.20. The molecule has 1 rings (SSSR count). The van der Waals surface area contributed by atoms with Gasteiger partial charge >= 0.3 is 12.4 Å². The van der Waals surface area contributed by atoms with Crippen LogP contribution < -0.4 is 0 Å². The Balaban J connectivity index is 3.60. The zero-order valence-corrected chi connectivity index (χ0v) is 10.1. The zero-order valence-electron chi connectivity index (χ0n) is 10.1. The van der Waals surface area contributed by atoms with Crippen molar-refractivity contribution in [1.29, 1.82) is 0 Å². The topological polar surface area (TPSA) is 19.9 Å². The van der Waals surface area contributed by atoms with Crippen LogP contribution in [0.15, 0.2) is 18.2 Å². The van der Waals surface area contributed by atoms with Gasteiger partial charge in [0.1, 0.15) is 6.10 Å². The summed E-state index contributed by atoms with van der Waals surface area (Å²) in [6.45, 7) is 2.57. The second kappa shape index (κ2) is 5.03. The Hall–Kier alpha value is -1.24. The van der Waals surface area contributed by atoms with E-state index < -0.39 is 41.1 Å². The molecule has 0 aliphatic heterocycles. The Morgan fingerprint density at radius 3 is 1.53 bits per heavy atom. The summed E-state index contributed by atoms with van der Waals surface area (Å²) in [5.41, 5.74) is -4.26. The second-order valence-electron chi connectivity index (χ2n) is 4.43. The molecule has 1 radical (unpaired) electrons. The molecule has 0 bridgehead atoms. The first-order valence-electron chi connectivity index (χ1n) is 5.39. The van der Waals surface area contributed by atoms with Gasteiger partial charge < -0.3 is 0 Å². The first kappa shape index (κ1) is 15.8. The maximum atomic E-state index is 12.7. The first-order chi connectivity index (χ1) is 8.46. The molecule has 1 aromatic carbocycles. The molecule has 0 saturated heterocycles. The fraction of sp³-hybridized carbons (Fsp3) is 0.500. The van der Waals surface area contributed by atoms with E-state index in [0.29, 0.717) is 18.2 Å². The third-order valence-corrected chi connectivity index (χ3v) is 2.61. The van der Waals surface area contributed by atoms with Crippen molar-refractivity contribution in [3.05, 3.63) is 34.9 Å². The Labute approximate surface area is 105 Å². The fourth-order valence-electron chi connectivity index (χ4n) is 1.70. The highest BCUT2D eigenvalue weighted by Crippen LogP contribution is 2.43. The van der Waals surface area contributed by atoms with Crippen LogP contribution in [0, 0.1) is 5.92 Å². The summed E-state index contributed by atoms with van der Waals surface area (Å²) in [6, 6.07) is 1.65. The number of hydrogen-bond donors (Lipinski definition) is 0. The van der Waals surface area contributed by atoms with Crippen molar-refractivity contribution < 1.29 is 31.4 Å². The smallest absolute Gasteiger partial charge is 0.228 e. The molecule has 7 heteroatoms. The van der Waals surface area contributed by atoms with Gasteiger partial charge in [-0.25, -0.2) is 5.11 Å². The minimum atomic E-state index is -4.99. The van der Waals surface area contributed by atoms with Gasteiger partial charge in [-0.2, -0.15) is 26.3 Å². The number of alkyl halides is 6. The molecule has 0 N–H and O–H groups in total. The van der Waals surface area contributed by atoms with Crippen molar-refractivity contribution in [2.75, 3.05) is 0 Å². The number of benzene rings is 1. The lowest BCUT2D eigenvalue weighted by Gasteiger charge is -2.23. The van der Waals surface area contributed by atoms with E-state index >= 15 is 0 Å². The van der Waals surface area contributed by atoms with Crippen molar-refractivity contribution in [1.82, 2.24) is 0 Å². The Bertz CT molecular complexity index is 414. The summed E-state index contributed by atoms with van der Waals surface area (Å²) in [7, 11) is 0. The maximum Gasteiger partial charge on any atom is 0.416 e. The summed E-state index contributed by atoms with van der Waals surface area (Å²) in [5.74, 6) is -0.885. The lowest BCUT2D eigenvalue weighted by molar-refractivity contribution is -0.147. The predicted octanol–water partition coefficient (Wildman–Crippen LogP) is 4.85. The van der Waals surface area contributed by atoms with E-state index in [1.165, 1.54) is 13.8 Å². The van der Waals surface area contributed by atoms with Crippen LogP contribution in [-0.4, -0.2) is 0 Å². The van der Waals surface area contributed by atoms with Crippen LogP contribution in [-0.2, 0) is 17.5 Å². The normalized spacial score (nSPS) is 14.8. The van der Waals surface area contributed by atoms with Gasteiger partial charge in [-0.3, -0.25) is 0 Å². The standard InChI is InChI=1S/C12H11F6O/c1-6(2)10(19)9-7(11(13,14)15)4-3-5-8(9)12(16,17)18/h3-6,10H,1-2H3. The Morgan fingerprint density at radius 1 is 0.895 bits per heavy atom. The monoisotopic (exact) mass is 285 g/mol. The van der Waals surface area contributed by atoms with Gasteiger partial charge in [-0.1, -0.05) is 19.9 Å². The van der Waals surface area contributed by atoms with Crippen molar-refractivity contribution in [3.63, 3.8) is 0 Å². The van der Waals surface area contributed by atoms with E-state index in [1.54, 1.807) is 0 Å². The summed E-state index contributed by atoms with van der Waals surface area (Å²) >= 11 is 0. The predicted molar refractivity (Wildman–Crippen MR) is 54.7 cm³/mol. The van der Waals surface area contributed by atoms with Gasteiger partial charge in [-0.15, -0.1) is 0 Å². The van der Waals surface area contributed by atoms with Crippen molar-refractivity contribution >= 4 is 0 Å². The molecule has 0 aliphatic carbocycles. The van der Waals surface area contributed by atoms with Gasteiger partial charge in [0.15, 0.2) is 0 Å². The summed E-state index contributed by atoms with van der Waals surface area (Å²) in [5, 5.41) is 11.8. The third-order valence-electron chi connectivity index (χ3n) is 2.61. The molecule has 1 atom stereocenters. The summed E-state index contributed by atoms with van der Waals surface area (Å²) in [6.07, 6.45) is -12.1. The second-order valence-corrected chi connectivity index (χ2v) is 4.43. The molecule has 1 nitrogen and oxygen atoms in total. The Morgan fingerprint density at radius 2 is 1.26 bits per heavy atom. The molecule has 0 aliphatic rings. The molecular formula is C12H11F6O. The van der Waals surface area contributed by atoms with Crippen molar-refractivity contribution in [2.45, 2.75) is 32.3 Å². The highest BCUT2D eigenvalue weighted by atomic mass is 19.4. The van der Waals surface area contributed by atoms with Gasteiger partial charge in [0, 0.05) is 5.56 Å². The van der Waals surface area contributed by atoms with Crippen LogP contribution in [0.4, 0.5) is 26.3 Å². The molecule has 0 spiro atoms. The highest BCUT2D eigenvalue weighted by Gasteiger charge is 2.43. The highest BCUT2D eigenvalue weighted by molar-refractivity contribution is 5.40. The van der Waals surface area contributed by atoms with E-state index in [4.69, 9.17) is 0 Å². The molecule has 1 aromatic rings. The third kappa shape index (κ3) is 3.40. The molecule has 0 amide bonds. The minimum Gasteiger partial charge on any atom is -0.228 e. The minimum absolute atomic E-state index is 0.498. The molecule has 0 aromatic heterocycles. The van der Waals surface area contributed by atoms with Crippen molar-refractivity contribution in [3.8, 4) is 0 Å². The number of halogens is 6. The fourth-order valence-corrected chi connectivity index (χ4v) is 1.70. The van der Waals surface area contributed by atoms with Crippen LogP contribution in [0.3, 0.4) is 0 Å². The van der Waals surface area contributed by atoms with Crippen LogP contribution in [0.5, 0.6) is 0 Å². The number of hydrogen-bond acceptors (Lipinski definition) is 0. The van der Waals surface area contributed by atoms with Crippen LogP contribution >= 0.6 is 0 Å². The van der Waals surface area contributed by atoms with E-state index in [1.807, 2.05) is 0 Å². The van der Waals surface area contributed by atoms with E-state index in [2.05, 4.69) is 0 Å². The number of rotatable bonds is 2. The summed E-state index contributed by atoms with van der Waals surface area (Å²) in [4.78, 5) is 0. The van der Waals surface area contributed by atoms with E-state index in [-0.39, 0.29) is 0 Å². The SMILES string of the molecule is CC(C)C([O])c1c(C(F)(F)F)cccc1C(F)(F)F. The molecular weight excluding hydrogens is 274 g/mol. The summed E-state index contributed by atoms with van der Waals surface area (Å²) < 4.78 is 76.4. The molecule has 0 heterocycles. The first-order valence-corrected chi connectivity index (χ1v) is 5.39. The molecule has 0 saturated carbocycles. The molecule has 107 valence electrons. The zero-order chi connectivity index (χ0) is 15.0. The average Bonchev–Trinajstić information content (AvgIpc) is 2.24. The van der Waals surface area contributed by atoms with Gasteiger partial charge in [0.25, 0.3) is 0 Å². The van der Waals surface area contributed by atoms with Gasteiger partial charge in [-0.05, 0) is 18.1 Å². The van der Waals surface area contributed by atoms with Crippen LogP contribution in [0.1, 0.15) is 36.6 Å². The molecule has 1 unspecified atom stereocenters. The quantitative estimate of drug-likeness (QED) is 0.692. The van der Waals surface area contributed by atoms with Crippen LogP contribution in [0.2, 0.25) is 0 Å². The average molecular weight is 285 g/mol. The van der Waals surface area contributed by atoms with E-state index in [0.717, 1.165) is 0 Å². The van der Waals surface area contributed by atoms with Crippen molar-refractivity contribution in [2.24, 2.45) is 5.92 Å². The molecule has 19 heavy (non-hydrogen) atoms. The lowest BCUT2D eigenvalue weighted by atomic mass is 9.90. The molecule has 0 fully saturated rings.